The Morgan fingerprint density at radius 2 is 1.30 bits per heavy atom. The first-order chi connectivity index (χ1) is 10.6. The Balaban J connectivity index is 2.48. The van der Waals surface area contributed by atoms with E-state index in [1.54, 1.807) is 6.08 Å². The second-order valence-corrected chi connectivity index (χ2v) is 9.09. The number of alkyl halides is 6. The molecule has 0 saturated heterocycles. The molecule has 0 unspecified atom stereocenters. The predicted molar refractivity (Wildman–Crippen MR) is 98.4 cm³/mol. The van der Waals surface area contributed by atoms with Crippen LogP contribution in [0.4, 0.5) is 0 Å². The van der Waals surface area contributed by atoms with Crippen molar-refractivity contribution in [2.24, 2.45) is 0 Å². The van der Waals surface area contributed by atoms with Crippen LogP contribution in [0.5, 0.6) is 0 Å². The van der Waals surface area contributed by atoms with E-state index in [0.29, 0.717) is 0 Å². The lowest BCUT2D eigenvalue weighted by Gasteiger charge is -2.14. The summed E-state index contributed by atoms with van der Waals surface area (Å²) >= 11 is 34.9. The van der Waals surface area contributed by atoms with Gasteiger partial charge in [-0.3, -0.25) is 0 Å². The normalized spacial score (nSPS) is 12.8. The maximum atomic E-state index is 5.82. The van der Waals surface area contributed by atoms with Gasteiger partial charge in [0.15, 0.2) is 17.5 Å². The van der Waals surface area contributed by atoms with Gasteiger partial charge in [0.25, 0.3) is 0 Å². The molecule has 1 heterocycles. The molecule has 122 valence electrons. The first kappa shape index (κ1) is 19.0. The molecule has 0 aliphatic heterocycles. The third kappa shape index (κ3) is 5.35. The minimum absolute atomic E-state index is 0.122. The van der Waals surface area contributed by atoms with Crippen LogP contribution in [0.25, 0.3) is 12.2 Å². The first-order valence-corrected chi connectivity index (χ1v) is 8.48. The molecule has 0 aliphatic carbocycles. The van der Waals surface area contributed by atoms with Gasteiger partial charge in [-0.05, 0) is 24.1 Å². The molecule has 23 heavy (non-hydrogen) atoms. The highest BCUT2D eigenvalue weighted by Crippen LogP contribution is 2.39. The van der Waals surface area contributed by atoms with Crippen LogP contribution in [0.15, 0.2) is 24.3 Å². The summed E-state index contributed by atoms with van der Waals surface area (Å²) in [6.45, 7) is 1.98. The third-order valence-corrected chi connectivity index (χ3v) is 3.77. The number of benzene rings is 1. The van der Waals surface area contributed by atoms with Crippen molar-refractivity contribution in [3.63, 3.8) is 0 Å². The monoisotopic (exact) mass is 429 g/mol. The van der Waals surface area contributed by atoms with Crippen LogP contribution >= 0.6 is 69.6 Å². The molecular formula is C14H9Cl6N3. The molecule has 0 bridgehead atoms. The highest BCUT2D eigenvalue weighted by Gasteiger charge is 2.33. The minimum atomic E-state index is -1.86. The van der Waals surface area contributed by atoms with Crippen molar-refractivity contribution in [2.75, 3.05) is 0 Å². The Morgan fingerprint density at radius 3 is 1.78 bits per heavy atom. The van der Waals surface area contributed by atoms with Crippen molar-refractivity contribution >= 4 is 81.8 Å². The molecule has 0 aliphatic rings. The molecule has 1 aromatic carbocycles. The third-order valence-electron chi connectivity index (χ3n) is 2.76. The van der Waals surface area contributed by atoms with Gasteiger partial charge in [0, 0.05) is 0 Å². The fourth-order valence-corrected chi connectivity index (χ4v) is 2.17. The Labute approximate surface area is 163 Å². The van der Waals surface area contributed by atoms with Crippen LogP contribution in [0, 0.1) is 6.92 Å². The molecule has 0 radical (unpaired) electrons. The number of rotatable bonds is 2. The number of halogens is 6. The summed E-state index contributed by atoms with van der Waals surface area (Å²) < 4.78 is -3.72. The predicted octanol–water partition coefficient (Wildman–Crippen LogP) is 6.00. The number of hydrogen-bond donors (Lipinski definition) is 0. The van der Waals surface area contributed by atoms with Crippen LogP contribution in [0.3, 0.4) is 0 Å². The zero-order valence-electron chi connectivity index (χ0n) is 11.6. The van der Waals surface area contributed by atoms with E-state index < -0.39 is 7.59 Å². The van der Waals surface area contributed by atoms with E-state index in [0.717, 1.165) is 11.1 Å². The molecule has 0 N–H and O–H groups in total. The van der Waals surface area contributed by atoms with E-state index in [4.69, 9.17) is 69.6 Å². The summed E-state index contributed by atoms with van der Waals surface area (Å²) in [6.07, 6.45) is 3.44. The zero-order valence-corrected chi connectivity index (χ0v) is 16.1. The number of nitrogens with zero attached hydrogens (tertiary/aromatic N) is 3. The fraction of sp³-hybridized carbons (Fsp3) is 0.214. The Hall–Kier alpha value is -0.290. The van der Waals surface area contributed by atoms with Crippen LogP contribution in [0.1, 0.15) is 28.6 Å². The zero-order chi connectivity index (χ0) is 17.3. The second kappa shape index (κ2) is 7.30. The van der Waals surface area contributed by atoms with Gasteiger partial charge in [0.2, 0.25) is 7.59 Å². The van der Waals surface area contributed by atoms with Crippen molar-refractivity contribution in [2.45, 2.75) is 14.5 Å². The molecule has 0 amide bonds. The number of hydrogen-bond acceptors (Lipinski definition) is 3. The summed E-state index contributed by atoms with van der Waals surface area (Å²) in [5, 5.41) is 0. The van der Waals surface area contributed by atoms with Gasteiger partial charge >= 0.3 is 0 Å². The van der Waals surface area contributed by atoms with Crippen molar-refractivity contribution in [1.82, 2.24) is 15.0 Å². The van der Waals surface area contributed by atoms with Gasteiger partial charge in [0.05, 0.1) is 0 Å². The van der Waals surface area contributed by atoms with Gasteiger partial charge in [-0.25, -0.2) is 15.0 Å². The fourth-order valence-electron chi connectivity index (χ4n) is 1.66. The highest BCUT2D eigenvalue weighted by atomic mass is 35.6. The average Bonchev–Trinajstić information content (AvgIpc) is 2.44. The molecule has 0 fully saturated rings. The summed E-state index contributed by atoms with van der Waals surface area (Å²) in [6, 6.07) is 7.78. The van der Waals surface area contributed by atoms with Gasteiger partial charge < -0.3 is 0 Å². The number of aromatic nitrogens is 3. The Kier molecular flexibility index (Phi) is 6.04. The smallest absolute Gasteiger partial charge is 0.209 e. The van der Waals surface area contributed by atoms with E-state index in [1.165, 1.54) is 0 Å². The molecule has 2 aromatic rings. The quantitative estimate of drug-likeness (QED) is 0.547. The van der Waals surface area contributed by atoms with Crippen molar-refractivity contribution in [1.29, 1.82) is 0 Å². The molecule has 3 nitrogen and oxygen atoms in total. The average molecular weight is 432 g/mol. The van der Waals surface area contributed by atoms with Crippen LogP contribution < -0.4 is 0 Å². The first-order valence-electron chi connectivity index (χ1n) is 6.21. The molecule has 0 atom stereocenters. The molecule has 1 aromatic heterocycles. The van der Waals surface area contributed by atoms with E-state index in [9.17, 15) is 0 Å². The van der Waals surface area contributed by atoms with Gasteiger partial charge in [0.1, 0.15) is 0 Å². The lowest BCUT2D eigenvalue weighted by Crippen LogP contribution is -2.16. The molecule has 2 rings (SSSR count). The highest BCUT2D eigenvalue weighted by molar-refractivity contribution is 6.67. The van der Waals surface area contributed by atoms with E-state index >= 15 is 0 Å². The largest absolute Gasteiger partial charge is 0.250 e. The Morgan fingerprint density at radius 1 is 0.783 bits per heavy atom. The van der Waals surface area contributed by atoms with E-state index in [1.807, 2.05) is 37.3 Å². The van der Waals surface area contributed by atoms with Gasteiger partial charge in [-0.15, -0.1) is 0 Å². The minimum Gasteiger partial charge on any atom is -0.209 e. The number of aryl methyl sites for hydroxylation is 1. The second-order valence-electron chi connectivity index (χ2n) is 4.53. The topological polar surface area (TPSA) is 38.7 Å². The maximum Gasteiger partial charge on any atom is 0.250 e. The SMILES string of the molecule is Cc1ccccc1C=Cc1nc(C(Cl)(Cl)Cl)nc(C(Cl)(Cl)Cl)n1. The lowest BCUT2D eigenvalue weighted by atomic mass is 10.1. The summed E-state index contributed by atoms with van der Waals surface area (Å²) in [5.41, 5.74) is 2.07. The van der Waals surface area contributed by atoms with Crippen LogP contribution in [-0.4, -0.2) is 15.0 Å². The van der Waals surface area contributed by atoms with Gasteiger partial charge in [-0.2, -0.15) is 0 Å². The van der Waals surface area contributed by atoms with Crippen molar-refractivity contribution in [3.8, 4) is 0 Å². The van der Waals surface area contributed by atoms with E-state index in [-0.39, 0.29) is 17.5 Å². The van der Waals surface area contributed by atoms with Crippen LogP contribution in [0.2, 0.25) is 0 Å². The molecular weight excluding hydrogens is 423 g/mol. The standard InChI is InChI=1S/C14H9Cl6N3/c1-8-4-2-3-5-9(8)6-7-10-21-11(13(15,16)17)23-12(22-10)14(18,19)20/h2-7H,1H3. The molecule has 9 heteroatoms. The van der Waals surface area contributed by atoms with Crippen molar-refractivity contribution < 1.29 is 0 Å². The summed E-state index contributed by atoms with van der Waals surface area (Å²) in [4.78, 5) is 12.1. The summed E-state index contributed by atoms with van der Waals surface area (Å²) in [5.74, 6) is -0.0302. The van der Waals surface area contributed by atoms with Crippen molar-refractivity contribution in [3.05, 3.63) is 52.9 Å². The van der Waals surface area contributed by atoms with Gasteiger partial charge in [-0.1, -0.05) is 99.9 Å². The summed E-state index contributed by atoms with van der Waals surface area (Å²) in [7, 11) is 0. The molecule has 0 spiro atoms. The van der Waals surface area contributed by atoms with Crippen LogP contribution in [-0.2, 0) is 7.59 Å². The maximum absolute atomic E-state index is 5.82. The lowest BCUT2D eigenvalue weighted by molar-refractivity contribution is 0.835. The van der Waals surface area contributed by atoms with E-state index in [2.05, 4.69) is 15.0 Å². The Bertz CT molecular complexity index is 702. The molecule has 0 saturated carbocycles.